The number of rotatable bonds is 5. The highest BCUT2D eigenvalue weighted by Gasteiger charge is 2.30. The van der Waals surface area contributed by atoms with Crippen LogP contribution in [-0.4, -0.2) is 54.1 Å². The Labute approximate surface area is 112 Å². The van der Waals surface area contributed by atoms with Gasteiger partial charge in [0, 0.05) is 19.6 Å². The first-order valence-corrected chi connectivity index (χ1v) is 6.45. The summed E-state index contributed by atoms with van der Waals surface area (Å²) in [7, 11) is 1.66. The predicted molar refractivity (Wildman–Crippen MR) is 68.6 cm³/mol. The number of carboxylic acids is 1. The molecule has 2 atom stereocenters. The topological polar surface area (TPSA) is 98.7 Å². The molecule has 0 aromatic heterocycles. The van der Waals surface area contributed by atoms with Gasteiger partial charge >= 0.3 is 12.0 Å². The van der Waals surface area contributed by atoms with E-state index in [2.05, 4.69) is 10.6 Å². The summed E-state index contributed by atoms with van der Waals surface area (Å²) < 4.78 is 0. The molecule has 1 fully saturated rings. The molecule has 2 unspecified atom stereocenters. The Kier molecular flexibility index (Phi) is 5.59. The van der Waals surface area contributed by atoms with Gasteiger partial charge in [-0.05, 0) is 26.2 Å². The third-order valence-corrected chi connectivity index (χ3v) is 3.42. The fraction of sp³-hybridized carbons (Fsp3) is 0.750. The minimum Gasteiger partial charge on any atom is -0.481 e. The Morgan fingerprint density at radius 2 is 2.00 bits per heavy atom. The van der Waals surface area contributed by atoms with Crippen molar-refractivity contribution < 1.29 is 19.5 Å². The van der Waals surface area contributed by atoms with Gasteiger partial charge in [-0.2, -0.15) is 0 Å². The van der Waals surface area contributed by atoms with Crippen molar-refractivity contribution in [3.63, 3.8) is 0 Å². The van der Waals surface area contributed by atoms with Crippen LogP contribution in [0.15, 0.2) is 0 Å². The van der Waals surface area contributed by atoms with E-state index in [0.29, 0.717) is 25.8 Å². The molecule has 3 amide bonds. The molecular weight excluding hydrogens is 250 g/mol. The summed E-state index contributed by atoms with van der Waals surface area (Å²) in [5.41, 5.74) is 0. The normalized spacial score (nSPS) is 21.8. The number of nitrogens with one attached hydrogen (secondary N) is 2. The zero-order valence-electron chi connectivity index (χ0n) is 11.3. The monoisotopic (exact) mass is 271 g/mol. The smallest absolute Gasteiger partial charge is 0.315 e. The number of hydrogen-bond donors (Lipinski definition) is 3. The highest BCUT2D eigenvalue weighted by Crippen LogP contribution is 2.25. The highest BCUT2D eigenvalue weighted by atomic mass is 16.4. The van der Waals surface area contributed by atoms with Crippen LogP contribution in [0.25, 0.3) is 0 Å². The fourth-order valence-electron chi connectivity index (χ4n) is 2.04. The predicted octanol–water partition coefficient (Wildman–Crippen LogP) is 0.0172. The Hall–Kier alpha value is -1.79. The number of aliphatic carboxylic acids is 1. The van der Waals surface area contributed by atoms with Crippen LogP contribution < -0.4 is 10.6 Å². The van der Waals surface area contributed by atoms with Gasteiger partial charge in [0.15, 0.2) is 0 Å². The van der Waals surface area contributed by atoms with Crippen LogP contribution in [-0.2, 0) is 9.59 Å². The Morgan fingerprint density at radius 3 is 2.53 bits per heavy atom. The van der Waals surface area contributed by atoms with Crippen molar-refractivity contribution in [1.82, 2.24) is 15.5 Å². The van der Waals surface area contributed by atoms with Crippen LogP contribution in [0.3, 0.4) is 0 Å². The molecule has 1 saturated carbocycles. The van der Waals surface area contributed by atoms with Gasteiger partial charge in [-0.3, -0.25) is 9.59 Å². The van der Waals surface area contributed by atoms with Crippen molar-refractivity contribution in [2.45, 2.75) is 32.2 Å². The average Bonchev–Trinajstić information content (AvgIpc) is 2.83. The minimum absolute atomic E-state index is 0.0503. The summed E-state index contributed by atoms with van der Waals surface area (Å²) in [4.78, 5) is 35.3. The molecular formula is C12H21N3O4. The molecule has 0 aliphatic heterocycles. The molecule has 7 nitrogen and oxygen atoms in total. The lowest BCUT2D eigenvalue weighted by Gasteiger charge is -2.16. The van der Waals surface area contributed by atoms with Crippen LogP contribution in [0.5, 0.6) is 0 Å². The highest BCUT2D eigenvalue weighted by molar-refractivity contribution is 5.84. The van der Waals surface area contributed by atoms with E-state index in [4.69, 9.17) is 5.11 Å². The summed E-state index contributed by atoms with van der Waals surface area (Å²) in [6.07, 6.45) is 1.69. The number of carbonyl (C=O) groups is 3. The molecule has 3 N–H and O–H groups in total. The number of urea groups is 1. The van der Waals surface area contributed by atoms with Crippen LogP contribution in [0.1, 0.15) is 26.2 Å². The molecule has 1 aliphatic carbocycles. The minimum atomic E-state index is -0.815. The average molecular weight is 271 g/mol. The Morgan fingerprint density at radius 1 is 1.32 bits per heavy atom. The van der Waals surface area contributed by atoms with E-state index < -0.39 is 12.0 Å². The van der Waals surface area contributed by atoms with E-state index in [-0.39, 0.29) is 24.4 Å². The number of nitrogens with zero attached hydrogens (tertiary/aromatic N) is 1. The van der Waals surface area contributed by atoms with Crippen molar-refractivity contribution in [2.24, 2.45) is 5.92 Å². The van der Waals surface area contributed by atoms with Crippen molar-refractivity contribution in [3.05, 3.63) is 0 Å². The molecule has 0 heterocycles. The second kappa shape index (κ2) is 6.96. The number of likely N-dealkylation sites (N-methyl/N-ethyl adjacent to an activating group) is 1. The molecule has 0 aromatic carbocycles. The van der Waals surface area contributed by atoms with Gasteiger partial charge in [0.1, 0.15) is 0 Å². The molecule has 1 rings (SSSR count). The van der Waals surface area contributed by atoms with Gasteiger partial charge in [0.2, 0.25) is 5.91 Å². The van der Waals surface area contributed by atoms with Crippen LogP contribution in [0, 0.1) is 5.92 Å². The number of carboxylic acid groups (broad SMARTS) is 1. The van der Waals surface area contributed by atoms with E-state index in [1.54, 1.807) is 7.05 Å². The third-order valence-electron chi connectivity index (χ3n) is 3.42. The van der Waals surface area contributed by atoms with Gasteiger partial charge in [-0.15, -0.1) is 0 Å². The van der Waals surface area contributed by atoms with Gasteiger partial charge < -0.3 is 20.6 Å². The molecule has 1 aliphatic rings. The maximum absolute atomic E-state index is 11.6. The molecule has 19 heavy (non-hydrogen) atoms. The first-order valence-electron chi connectivity index (χ1n) is 6.45. The lowest BCUT2D eigenvalue weighted by atomic mass is 10.1. The summed E-state index contributed by atoms with van der Waals surface area (Å²) in [6, 6.07) is -0.547. The summed E-state index contributed by atoms with van der Waals surface area (Å²) >= 11 is 0. The lowest BCUT2D eigenvalue weighted by molar-refractivity contribution is -0.141. The Bertz CT molecular complexity index is 359. The molecule has 108 valence electrons. The molecule has 0 bridgehead atoms. The standard InChI is InChI=1S/C12H21N3O4/c1-3-15(2)10(16)7-13-12(19)14-9-5-4-8(6-9)11(17)18/h8-9H,3-7H2,1-2H3,(H,17,18)(H2,13,14,19). The molecule has 7 heteroatoms. The van der Waals surface area contributed by atoms with Crippen molar-refractivity contribution in [2.75, 3.05) is 20.1 Å². The number of hydrogen-bond acceptors (Lipinski definition) is 3. The zero-order chi connectivity index (χ0) is 14.4. The van der Waals surface area contributed by atoms with E-state index in [1.165, 1.54) is 4.90 Å². The Balaban J connectivity index is 2.25. The largest absolute Gasteiger partial charge is 0.481 e. The molecule has 0 saturated heterocycles. The van der Waals surface area contributed by atoms with Crippen molar-refractivity contribution in [3.8, 4) is 0 Å². The number of carbonyl (C=O) groups excluding carboxylic acids is 2. The quantitative estimate of drug-likeness (QED) is 0.656. The SMILES string of the molecule is CCN(C)C(=O)CNC(=O)NC1CCC(C(=O)O)C1. The van der Waals surface area contributed by atoms with E-state index in [0.717, 1.165) is 0 Å². The van der Waals surface area contributed by atoms with Crippen LogP contribution >= 0.6 is 0 Å². The van der Waals surface area contributed by atoms with Crippen LogP contribution in [0.2, 0.25) is 0 Å². The van der Waals surface area contributed by atoms with Crippen molar-refractivity contribution in [1.29, 1.82) is 0 Å². The molecule has 0 spiro atoms. The summed E-state index contributed by atoms with van der Waals surface area (Å²) in [5.74, 6) is -1.35. The van der Waals surface area contributed by atoms with Crippen molar-refractivity contribution >= 4 is 17.9 Å². The maximum Gasteiger partial charge on any atom is 0.315 e. The second-order valence-electron chi connectivity index (χ2n) is 4.78. The molecule has 0 aromatic rings. The first-order chi connectivity index (χ1) is 8.93. The summed E-state index contributed by atoms with van der Waals surface area (Å²) in [6.45, 7) is 2.39. The molecule has 0 radical (unpaired) electrons. The van der Waals surface area contributed by atoms with Gasteiger partial charge in [0.05, 0.1) is 12.5 Å². The summed E-state index contributed by atoms with van der Waals surface area (Å²) in [5, 5.41) is 14.0. The first kappa shape index (κ1) is 15.3. The maximum atomic E-state index is 11.6. The van der Waals surface area contributed by atoms with E-state index in [1.807, 2.05) is 6.92 Å². The van der Waals surface area contributed by atoms with E-state index in [9.17, 15) is 14.4 Å². The van der Waals surface area contributed by atoms with E-state index >= 15 is 0 Å². The van der Waals surface area contributed by atoms with Gasteiger partial charge in [0.25, 0.3) is 0 Å². The van der Waals surface area contributed by atoms with Gasteiger partial charge in [-0.1, -0.05) is 0 Å². The third kappa shape index (κ3) is 4.76. The fourth-order valence-corrected chi connectivity index (χ4v) is 2.04. The zero-order valence-corrected chi connectivity index (χ0v) is 11.3. The lowest BCUT2D eigenvalue weighted by Crippen LogP contribution is -2.45. The van der Waals surface area contributed by atoms with Crippen LogP contribution in [0.4, 0.5) is 4.79 Å². The van der Waals surface area contributed by atoms with Gasteiger partial charge in [-0.25, -0.2) is 4.79 Å². The second-order valence-corrected chi connectivity index (χ2v) is 4.78. The number of amides is 3.